The Bertz CT molecular complexity index is 866. The van der Waals surface area contributed by atoms with Crippen molar-refractivity contribution in [3.63, 3.8) is 0 Å². The summed E-state index contributed by atoms with van der Waals surface area (Å²) < 4.78 is 40.2. The highest BCUT2D eigenvalue weighted by molar-refractivity contribution is 5.83. The van der Waals surface area contributed by atoms with Gasteiger partial charge >= 0.3 is 6.36 Å². The molecule has 0 aliphatic carbocycles. The molecule has 2 amide bonds. The van der Waals surface area contributed by atoms with Gasteiger partial charge in [0, 0.05) is 32.5 Å². The smallest absolute Gasteiger partial charge is 0.406 e. The van der Waals surface area contributed by atoms with Crippen molar-refractivity contribution in [1.82, 2.24) is 10.2 Å². The van der Waals surface area contributed by atoms with Crippen molar-refractivity contribution >= 4 is 11.8 Å². The fraction of sp³-hybridized carbons (Fsp3) is 0.333. The van der Waals surface area contributed by atoms with Crippen LogP contribution in [0.3, 0.4) is 0 Å². The molecule has 0 bridgehead atoms. The summed E-state index contributed by atoms with van der Waals surface area (Å²) in [4.78, 5) is 26.1. The van der Waals surface area contributed by atoms with Crippen molar-refractivity contribution in [1.29, 1.82) is 0 Å². The third-order valence-electron chi connectivity index (χ3n) is 4.70. The van der Waals surface area contributed by atoms with Crippen molar-refractivity contribution in [2.45, 2.75) is 38.7 Å². The van der Waals surface area contributed by atoms with Crippen LogP contribution >= 0.6 is 0 Å². The van der Waals surface area contributed by atoms with E-state index in [-0.39, 0.29) is 37.0 Å². The first-order chi connectivity index (χ1) is 13.8. The molecule has 29 heavy (non-hydrogen) atoms. The fourth-order valence-corrected chi connectivity index (χ4v) is 3.19. The van der Waals surface area contributed by atoms with Crippen LogP contribution in [0.2, 0.25) is 0 Å². The summed E-state index contributed by atoms with van der Waals surface area (Å²) in [6.07, 6.45) is -3.75. The molecule has 1 aliphatic heterocycles. The van der Waals surface area contributed by atoms with Crippen molar-refractivity contribution < 1.29 is 27.5 Å². The lowest BCUT2D eigenvalue weighted by molar-refractivity contribution is -0.274. The minimum atomic E-state index is -4.74. The maximum absolute atomic E-state index is 12.4. The van der Waals surface area contributed by atoms with E-state index in [1.54, 1.807) is 4.90 Å². The number of alkyl halides is 3. The lowest BCUT2D eigenvalue weighted by Crippen LogP contribution is -2.36. The summed E-state index contributed by atoms with van der Waals surface area (Å²) in [5.41, 5.74) is 3.02. The third-order valence-corrected chi connectivity index (χ3v) is 4.70. The van der Waals surface area contributed by atoms with E-state index in [0.29, 0.717) is 18.7 Å². The highest BCUT2D eigenvalue weighted by Gasteiger charge is 2.31. The summed E-state index contributed by atoms with van der Waals surface area (Å²) in [7, 11) is 0. The Morgan fingerprint density at radius 2 is 1.69 bits per heavy atom. The molecule has 0 aromatic heterocycles. The molecule has 3 rings (SSSR count). The van der Waals surface area contributed by atoms with E-state index in [4.69, 9.17) is 0 Å². The minimum Gasteiger partial charge on any atom is -0.406 e. The van der Waals surface area contributed by atoms with Crippen LogP contribution in [-0.4, -0.2) is 29.6 Å². The molecule has 154 valence electrons. The molecular weight excluding hydrogens is 385 g/mol. The first kappa shape index (κ1) is 20.7. The van der Waals surface area contributed by atoms with E-state index >= 15 is 0 Å². The Hall–Kier alpha value is -3.03. The van der Waals surface area contributed by atoms with Gasteiger partial charge in [0.15, 0.2) is 0 Å². The van der Waals surface area contributed by atoms with E-state index in [1.165, 1.54) is 29.8 Å². The number of carbonyl (C=O) groups is 2. The van der Waals surface area contributed by atoms with Crippen molar-refractivity contribution in [3.05, 3.63) is 65.2 Å². The van der Waals surface area contributed by atoms with Crippen LogP contribution in [0.5, 0.6) is 5.75 Å². The molecule has 0 fully saturated rings. The molecule has 1 aliphatic rings. The van der Waals surface area contributed by atoms with Crippen LogP contribution in [-0.2, 0) is 29.1 Å². The van der Waals surface area contributed by atoms with Gasteiger partial charge in [0.05, 0.1) is 0 Å². The normalized spacial score (nSPS) is 13.6. The number of halogens is 3. The fourth-order valence-electron chi connectivity index (χ4n) is 3.19. The second-order valence-electron chi connectivity index (χ2n) is 6.80. The van der Waals surface area contributed by atoms with Gasteiger partial charge in [-0.1, -0.05) is 36.4 Å². The minimum absolute atomic E-state index is 0.0618. The summed E-state index contributed by atoms with van der Waals surface area (Å²) in [5.74, 6) is -0.670. The lowest BCUT2D eigenvalue weighted by atomic mass is 9.99. The first-order valence-electron chi connectivity index (χ1n) is 9.26. The molecule has 0 spiro atoms. The number of nitrogens with zero attached hydrogens (tertiary/aromatic N) is 1. The predicted molar refractivity (Wildman–Crippen MR) is 99.8 cm³/mol. The Morgan fingerprint density at radius 3 is 2.38 bits per heavy atom. The molecule has 0 saturated carbocycles. The van der Waals surface area contributed by atoms with Crippen molar-refractivity contribution in [2.75, 3.05) is 6.54 Å². The highest BCUT2D eigenvalue weighted by Crippen LogP contribution is 2.23. The molecule has 1 N–H and O–H groups in total. The summed E-state index contributed by atoms with van der Waals surface area (Å²) in [6.45, 7) is 1.36. The Labute approximate surface area is 166 Å². The molecule has 2 aromatic carbocycles. The summed E-state index contributed by atoms with van der Waals surface area (Å²) in [6, 6.07) is 13.3. The SMILES string of the molecule is O=C(CCC(=O)N1CCc2ccccc2C1)NCc1ccc(OC(F)(F)F)cc1. The molecule has 2 aromatic rings. The van der Waals surface area contributed by atoms with E-state index in [9.17, 15) is 22.8 Å². The largest absolute Gasteiger partial charge is 0.573 e. The molecule has 0 atom stereocenters. The van der Waals surface area contributed by atoms with Crippen molar-refractivity contribution in [3.8, 4) is 5.75 Å². The van der Waals surface area contributed by atoms with E-state index in [0.717, 1.165) is 12.0 Å². The number of benzene rings is 2. The number of ether oxygens (including phenoxy) is 1. The van der Waals surface area contributed by atoms with Gasteiger partial charge in [-0.05, 0) is 35.2 Å². The average Bonchev–Trinajstić information content (AvgIpc) is 2.70. The van der Waals surface area contributed by atoms with Crippen LogP contribution in [0, 0.1) is 0 Å². The second-order valence-corrected chi connectivity index (χ2v) is 6.80. The maximum Gasteiger partial charge on any atom is 0.573 e. The number of hydrogen-bond acceptors (Lipinski definition) is 3. The van der Waals surface area contributed by atoms with Crippen LogP contribution in [0.4, 0.5) is 13.2 Å². The predicted octanol–water partition coefficient (Wildman–Crippen LogP) is 3.57. The standard InChI is InChI=1S/C21H21F3N2O3/c22-21(23,24)29-18-7-5-15(6-8-18)13-25-19(27)9-10-20(28)26-12-11-16-3-1-2-4-17(16)14-26/h1-8H,9-14H2,(H,25,27). The van der Waals surface area contributed by atoms with Gasteiger partial charge in [0.1, 0.15) is 5.75 Å². The number of nitrogens with one attached hydrogen (secondary N) is 1. The quantitative estimate of drug-likeness (QED) is 0.798. The van der Waals surface area contributed by atoms with Gasteiger partial charge in [-0.3, -0.25) is 9.59 Å². The highest BCUT2D eigenvalue weighted by atomic mass is 19.4. The monoisotopic (exact) mass is 406 g/mol. The van der Waals surface area contributed by atoms with E-state index < -0.39 is 6.36 Å². The molecule has 0 saturated heterocycles. The van der Waals surface area contributed by atoms with Crippen LogP contribution in [0.15, 0.2) is 48.5 Å². The number of carbonyl (C=O) groups excluding carboxylic acids is 2. The zero-order chi connectivity index (χ0) is 20.9. The van der Waals surface area contributed by atoms with Gasteiger partial charge < -0.3 is 15.0 Å². The van der Waals surface area contributed by atoms with Crippen LogP contribution in [0.1, 0.15) is 29.5 Å². The van der Waals surface area contributed by atoms with Gasteiger partial charge in [-0.25, -0.2) is 0 Å². The Morgan fingerprint density at radius 1 is 1.00 bits per heavy atom. The van der Waals surface area contributed by atoms with E-state index in [2.05, 4.69) is 16.1 Å². The average molecular weight is 406 g/mol. The van der Waals surface area contributed by atoms with Gasteiger partial charge in [0.25, 0.3) is 0 Å². The first-order valence-corrected chi connectivity index (χ1v) is 9.26. The molecule has 0 unspecified atom stereocenters. The van der Waals surface area contributed by atoms with Crippen molar-refractivity contribution in [2.24, 2.45) is 0 Å². The van der Waals surface area contributed by atoms with Gasteiger partial charge in [-0.15, -0.1) is 13.2 Å². The van der Waals surface area contributed by atoms with Crippen LogP contribution < -0.4 is 10.1 Å². The molecular formula is C21H21F3N2O3. The van der Waals surface area contributed by atoms with Crippen LogP contribution in [0.25, 0.3) is 0 Å². The number of fused-ring (bicyclic) bond motifs is 1. The summed E-state index contributed by atoms with van der Waals surface area (Å²) >= 11 is 0. The summed E-state index contributed by atoms with van der Waals surface area (Å²) in [5, 5.41) is 2.67. The Balaban J connectivity index is 1.40. The third kappa shape index (κ3) is 6.23. The number of rotatable bonds is 6. The zero-order valence-electron chi connectivity index (χ0n) is 15.7. The molecule has 8 heteroatoms. The molecule has 5 nitrogen and oxygen atoms in total. The topological polar surface area (TPSA) is 58.6 Å². The number of amides is 2. The molecule has 1 heterocycles. The van der Waals surface area contributed by atoms with E-state index in [1.807, 2.05) is 18.2 Å². The second kappa shape index (κ2) is 8.98. The van der Waals surface area contributed by atoms with Gasteiger partial charge in [0.2, 0.25) is 11.8 Å². The number of hydrogen-bond donors (Lipinski definition) is 1. The van der Waals surface area contributed by atoms with Gasteiger partial charge in [-0.2, -0.15) is 0 Å². The zero-order valence-corrected chi connectivity index (χ0v) is 15.7. The Kier molecular flexibility index (Phi) is 6.41. The molecule has 0 radical (unpaired) electrons. The lowest BCUT2D eigenvalue weighted by Gasteiger charge is -2.28. The maximum atomic E-state index is 12.4.